The lowest BCUT2D eigenvalue weighted by Crippen LogP contribution is -2.30. The first-order valence-corrected chi connectivity index (χ1v) is 7.00. The summed E-state index contributed by atoms with van der Waals surface area (Å²) in [6.07, 6.45) is -1.09. The maximum atomic E-state index is 12.9. The Morgan fingerprint density at radius 1 is 1.22 bits per heavy atom. The van der Waals surface area contributed by atoms with E-state index in [-0.39, 0.29) is 22.0 Å². The van der Waals surface area contributed by atoms with Crippen molar-refractivity contribution < 1.29 is 23.8 Å². The second kappa shape index (κ2) is 7.11. The molecule has 1 amide bonds. The average Bonchev–Trinajstić information content (AvgIpc) is 2.50. The third kappa shape index (κ3) is 4.43. The number of amides is 1. The van der Waals surface area contributed by atoms with Crippen molar-refractivity contribution in [3.63, 3.8) is 0 Å². The molecule has 2 N–H and O–H groups in total. The van der Waals surface area contributed by atoms with Crippen LogP contribution in [0.25, 0.3) is 0 Å². The normalized spacial score (nSPS) is 11.6. The molecule has 5 nitrogen and oxygen atoms in total. The number of aromatic hydroxyl groups is 1. The number of ether oxygens (including phenoxy) is 1. The van der Waals surface area contributed by atoms with Crippen molar-refractivity contribution >= 4 is 29.2 Å². The van der Waals surface area contributed by atoms with Crippen LogP contribution in [0.2, 0.25) is 5.02 Å². The van der Waals surface area contributed by atoms with Gasteiger partial charge in [0.25, 0.3) is 5.91 Å². The first-order valence-electron chi connectivity index (χ1n) is 6.63. The van der Waals surface area contributed by atoms with Crippen LogP contribution in [-0.2, 0) is 9.53 Å². The molecule has 0 saturated heterocycles. The van der Waals surface area contributed by atoms with Crippen LogP contribution in [0.1, 0.15) is 17.3 Å². The molecule has 0 aliphatic rings. The third-order valence-electron chi connectivity index (χ3n) is 2.95. The fraction of sp³-hybridized carbons (Fsp3) is 0.125. The molecule has 0 fully saturated rings. The molecule has 23 heavy (non-hydrogen) atoms. The number of anilines is 1. The molecule has 0 spiro atoms. The van der Waals surface area contributed by atoms with E-state index in [1.165, 1.54) is 37.3 Å². The van der Waals surface area contributed by atoms with Gasteiger partial charge in [-0.15, -0.1) is 0 Å². The molecule has 2 aromatic carbocycles. The Morgan fingerprint density at radius 2 is 1.87 bits per heavy atom. The predicted octanol–water partition coefficient (Wildman–Crippen LogP) is 3.37. The van der Waals surface area contributed by atoms with E-state index in [1.54, 1.807) is 0 Å². The summed E-state index contributed by atoms with van der Waals surface area (Å²) in [5.74, 6) is -1.83. The number of nitrogens with one attached hydrogen (secondary N) is 1. The summed E-state index contributed by atoms with van der Waals surface area (Å²) in [4.78, 5) is 23.9. The van der Waals surface area contributed by atoms with Crippen molar-refractivity contribution in [2.45, 2.75) is 13.0 Å². The van der Waals surface area contributed by atoms with E-state index in [4.69, 9.17) is 21.4 Å². The lowest BCUT2D eigenvalue weighted by atomic mass is 10.2. The minimum absolute atomic E-state index is 0.0123. The molecular weight excluding hydrogens is 325 g/mol. The van der Waals surface area contributed by atoms with Gasteiger partial charge in [0.15, 0.2) is 6.10 Å². The van der Waals surface area contributed by atoms with Gasteiger partial charge in [0.05, 0.1) is 16.3 Å². The van der Waals surface area contributed by atoms with Crippen LogP contribution in [0.15, 0.2) is 42.5 Å². The van der Waals surface area contributed by atoms with Gasteiger partial charge >= 0.3 is 5.97 Å². The zero-order valence-electron chi connectivity index (χ0n) is 12.0. The maximum absolute atomic E-state index is 12.9. The van der Waals surface area contributed by atoms with Crippen molar-refractivity contribution in [1.82, 2.24) is 0 Å². The van der Waals surface area contributed by atoms with E-state index in [9.17, 15) is 14.0 Å². The minimum atomic E-state index is -1.09. The number of phenols is 1. The van der Waals surface area contributed by atoms with E-state index < -0.39 is 23.8 Å². The van der Waals surface area contributed by atoms with Crippen LogP contribution < -0.4 is 5.32 Å². The maximum Gasteiger partial charge on any atom is 0.338 e. The highest BCUT2D eigenvalue weighted by Crippen LogP contribution is 2.22. The topological polar surface area (TPSA) is 75.6 Å². The highest BCUT2D eigenvalue weighted by atomic mass is 35.5. The molecule has 0 aliphatic carbocycles. The second-order valence-corrected chi connectivity index (χ2v) is 5.12. The van der Waals surface area contributed by atoms with Crippen LogP contribution in [0, 0.1) is 5.82 Å². The lowest BCUT2D eigenvalue weighted by Gasteiger charge is -2.14. The number of rotatable bonds is 4. The Balaban J connectivity index is 1.99. The Kier molecular flexibility index (Phi) is 5.18. The fourth-order valence-electron chi connectivity index (χ4n) is 1.70. The Morgan fingerprint density at radius 3 is 2.48 bits per heavy atom. The molecule has 2 rings (SSSR count). The van der Waals surface area contributed by atoms with E-state index in [0.717, 1.165) is 12.1 Å². The number of phenolic OH excluding ortho intramolecular Hbond substituents is 1. The molecule has 0 bridgehead atoms. The van der Waals surface area contributed by atoms with Gasteiger partial charge in [-0.3, -0.25) is 4.79 Å². The molecule has 0 aliphatic heterocycles. The van der Waals surface area contributed by atoms with Crippen molar-refractivity contribution in [1.29, 1.82) is 0 Å². The molecule has 0 heterocycles. The predicted molar refractivity (Wildman–Crippen MR) is 83.0 cm³/mol. The number of hydrogen-bond acceptors (Lipinski definition) is 4. The van der Waals surface area contributed by atoms with Gasteiger partial charge in [-0.25, -0.2) is 9.18 Å². The van der Waals surface area contributed by atoms with Gasteiger partial charge in [0, 0.05) is 0 Å². The van der Waals surface area contributed by atoms with Crippen LogP contribution in [0.5, 0.6) is 5.75 Å². The number of hydrogen-bond donors (Lipinski definition) is 2. The largest absolute Gasteiger partial charge is 0.508 e. The highest BCUT2D eigenvalue weighted by Gasteiger charge is 2.20. The van der Waals surface area contributed by atoms with Crippen LogP contribution in [0.4, 0.5) is 10.1 Å². The fourth-order valence-corrected chi connectivity index (χ4v) is 1.92. The third-order valence-corrected chi connectivity index (χ3v) is 3.26. The monoisotopic (exact) mass is 337 g/mol. The summed E-state index contributed by atoms with van der Waals surface area (Å²) in [5, 5.41) is 11.6. The number of halogens is 2. The second-order valence-electron chi connectivity index (χ2n) is 4.71. The lowest BCUT2D eigenvalue weighted by molar-refractivity contribution is -0.123. The summed E-state index contributed by atoms with van der Waals surface area (Å²) in [6, 6.07) is 8.93. The van der Waals surface area contributed by atoms with E-state index in [2.05, 4.69) is 5.32 Å². The van der Waals surface area contributed by atoms with Gasteiger partial charge in [-0.1, -0.05) is 11.6 Å². The molecule has 120 valence electrons. The zero-order valence-corrected chi connectivity index (χ0v) is 12.8. The van der Waals surface area contributed by atoms with Gasteiger partial charge in [0.1, 0.15) is 11.6 Å². The van der Waals surface area contributed by atoms with Crippen molar-refractivity contribution in [3.8, 4) is 5.75 Å². The van der Waals surface area contributed by atoms with Crippen molar-refractivity contribution in [2.24, 2.45) is 0 Å². The quantitative estimate of drug-likeness (QED) is 0.839. The standard InChI is InChI=1S/C16H13ClFNO4/c1-9(23-16(22)10-2-5-12(20)6-3-10)15(21)19-14-7-4-11(18)8-13(14)17/h2-9,20H,1H3,(H,19,21)/t9-/m1/s1. The van der Waals surface area contributed by atoms with Crippen LogP contribution in [-0.4, -0.2) is 23.1 Å². The van der Waals surface area contributed by atoms with Gasteiger partial charge < -0.3 is 15.2 Å². The summed E-state index contributed by atoms with van der Waals surface area (Å²) >= 11 is 5.81. The number of benzene rings is 2. The Hall–Kier alpha value is -2.60. The molecule has 7 heteroatoms. The SMILES string of the molecule is C[C@@H](OC(=O)c1ccc(O)cc1)C(=O)Nc1ccc(F)cc1Cl. The van der Waals surface area contributed by atoms with Crippen LogP contribution >= 0.6 is 11.6 Å². The van der Waals surface area contributed by atoms with Crippen LogP contribution in [0.3, 0.4) is 0 Å². The molecule has 0 radical (unpaired) electrons. The first-order chi connectivity index (χ1) is 10.9. The van der Waals surface area contributed by atoms with Crippen molar-refractivity contribution in [2.75, 3.05) is 5.32 Å². The zero-order chi connectivity index (χ0) is 17.0. The molecule has 0 aromatic heterocycles. The molecule has 0 saturated carbocycles. The summed E-state index contributed by atoms with van der Waals surface area (Å²) in [7, 11) is 0. The molecular formula is C16H13ClFNO4. The minimum Gasteiger partial charge on any atom is -0.508 e. The molecule has 0 unspecified atom stereocenters. The van der Waals surface area contributed by atoms with E-state index in [0.29, 0.717) is 0 Å². The number of esters is 1. The molecule has 2 aromatic rings. The van der Waals surface area contributed by atoms with Gasteiger partial charge in [0.2, 0.25) is 0 Å². The van der Waals surface area contributed by atoms with E-state index in [1.807, 2.05) is 0 Å². The van der Waals surface area contributed by atoms with E-state index >= 15 is 0 Å². The Labute approximate surface area is 136 Å². The molecule has 1 atom stereocenters. The van der Waals surface area contributed by atoms with Crippen molar-refractivity contribution in [3.05, 3.63) is 58.9 Å². The number of carbonyl (C=O) groups excluding carboxylic acids is 2. The first kappa shape index (κ1) is 16.8. The number of carbonyl (C=O) groups is 2. The average molecular weight is 338 g/mol. The smallest absolute Gasteiger partial charge is 0.338 e. The van der Waals surface area contributed by atoms with Gasteiger partial charge in [-0.05, 0) is 49.4 Å². The summed E-state index contributed by atoms with van der Waals surface area (Å²) in [5.41, 5.74) is 0.410. The summed E-state index contributed by atoms with van der Waals surface area (Å²) < 4.78 is 18.0. The van der Waals surface area contributed by atoms with Gasteiger partial charge in [-0.2, -0.15) is 0 Å². The Bertz CT molecular complexity index is 733. The highest BCUT2D eigenvalue weighted by molar-refractivity contribution is 6.33. The summed E-state index contributed by atoms with van der Waals surface area (Å²) in [6.45, 7) is 1.39.